The van der Waals surface area contributed by atoms with E-state index in [2.05, 4.69) is 18.3 Å². The van der Waals surface area contributed by atoms with Crippen LogP contribution in [0.5, 0.6) is 0 Å². The number of aryl methyl sites for hydroxylation is 1. The smallest absolute Gasteiger partial charge is 0.0956 e. The maximum Gasteiger partial charge on any atom is 0.0956 e. The van der Waals surface area contributed by atoms with Crippen molar-refractivity contribution in [2.75, 3.05) is 11.1 Å². The molecule has 2 nitrogen and oxygen atoms in total. The molecule has 0 aliphatic heterocycles. The van der Waals surface area contributed by atoms with E-state index in [1.54, 1.807) is 23.5 Å². The Hall–Kier alpha value is -1.19. The number of hydrogen-bond acceptors (Lipinski definition) is 3. The van der Waals surface area contributed by atoms with Crippen molar-refractivity contribution in [3.8, 4) is 0 Å². The van der Waals surface area contributed by atoms with E-state index in [4.69, 9.17) is 17.3 Å². The quantitative estimate of drug-likeness (QED) is 0.775. The van der Waals surface area contributed by atoms with Crippen LogP contribution in [0, 0.1) is 6.92 Å². The maximum absolute atomic E-state index is 5.90. The highest BCUT2D eigenvalue weighted by atomic mass is 35.5. The van der Waals surface area contributed by atoms with E-state index in [1.165, 1.54) is 5.56 Å². The highest BCUT2D eigenvalue weighted by Gasteiger charge is 2.03. The lowest BCUT2D eigenvalue weighted by Crippen LogP contribution is -1.95. The predicted octanol–water partition coefficient (Wildman–Crippen LogP) is 4.04. The molecule has 1 aromatic carbocycles. The molecule has 1 heterocycles. The van der Waals surface area contributed by atoms with Gasteiger partial charge in [0, 0.05) is 5.02 Å². The van der Waals surface area contributed by atoms with Crippen LogP contribution in [0.1, 0.15) is 5.56 Å². The van der Waals surface area contributed by atoms with Gasteiger partial charge < -0.3 is 11.1 Å². The number of nitrogens with one attached hydrogen (secondary N) is 1. The van der Waals surface area contributed by atoms with Crippen LogP contribution in [0.4, 0.5) is 16.4 Å². The van der Waals surface area contributed by atoms with Gasteiger partial charge in [0.05, 0.1) is 16.4 Å². The molecular weight excluding hydrogens is 228 g/mol. The van der Waals surface area contributed by atoms with E-state index in [0.717, 1.165) is 10.7 Å². The largest absolute Gasteiger partial charge is 0.397 e. The van der Waals surface area contributed by atoms with E-state index in [9.17, 15) is 0 Å². The SMILES string of the molecule is Cc1ccsc1Nc1cc(Cl)ccc1N. The van der Waals surface area contributed by atoms with Gasteiger partial charge >= 0.3 is 0 Å². The first-order valence-electron chi connectivity index (χ1n) is 4.53. The molecule has 0 radical (unpaired) electrons. The van der Waals surface area contributed by atoms with Gasteiger partial charge in [0.2, 0.25) is 0 Å². The van der Waals surface area contributed by atoms with Crippen LogP contribution in [0.2, 0.25) is 5.02 Å². The van der Waals surface area contributed by atoms with E-state index in [-0.39, 0.29) is 0 Å². The van der Waals surface area contributed by atoms with Gasteiger partial charge in [0.25, 0.3) is 0 Å². The summed E-state index contributed by atoms with van der Waals surface area (Å²) in [7, 11) is 0. The average Bonchev–Trinajstić information content (AvgIpc) is 2.58. The minimum absolute atomic E-state index is 0.681. The molecule has 0 fully saturated rings. The maximum atomic E-state index is 5.90. The Morgan fingerprint density at radius 2 is 2.13 bits per heavy atom. The van der Waals surface area contributed by atoms with Gasteiger partial charge in [0.15, 0.2) is 0 Å². The molecule has 0 atom stereocenters. The molecule has 0 saturated heterocycles. The third kappa shape index (κ3) is 2.25. The normalized spacial score (nSPS) is 10.3. The van der Waals surface area contributed by atoms with Crippen LogP contribution >= 0.6 is 22.9 Å². The highest BCUT2D eigenvalue weighted by Crippen LogP contribution is 2.30. The third-order valence-corrected chi connectivity index (χ3v) is 3.29. The second-order valence-electron chi connectivity index (χ2n) is 3.29. The molecule has 1 aromatic heterocycles. The molecule has 0 bridgehead atoms. The fourth-order valence-electron chi connectivity index (χ4n) is 1.26. The Morgan fingerprint density at radius 3 is 2.80 bits per heavy atom. The van der Waals surface area contributed by atoms with Gasteiger partial charge in [-0.2, -0.15) is 0 Å². The summed E-state index contributed by atoms with van der Waals surface area (Å²) in [5, 5.41) is 7.09. The number of hydrogen-bond donors (Lipinski definition) is 2. The van der Waals surface area contributed by atoms with Crippen molar-refractivity contribution < 1.29 is 0 Å². The van der Waals surface area contributed by atoms with Gasteiger partial charge in [-0.15, -0.1) is 11.3 Å². The van der Waals surface area contributed by atoms with Gasteiger partial charge in [-0.25, -0.2) is 0 Å². The highest BCUT2D eigenvalue weighted by molar-refractivity contribution is 7.14. The van der Waals surface area contributed by atoms with Gasteiger partial charge in [-0.05, 0) is 42.1 Å². The number of halogens is 1. The van der Waals surface area contributed by atoms with Crippen molar-refractivity contribution in [3.63, 3.8) is 0 Å². The van der Waals surface area contributed by atoms with Crippen molar-refractivity contribution in [1.82, 2.24) is 0 Å². The lowest BCUT2D eigenvalue weighted by Gasteiger charge is -2.08. The zero-order valence-electron chi connectivity index (χ0n) is 8.25. The fourth-order valence-corrected chi connectivity index (χ4v) is 2.26. The number of rotatable bonds is 2. The zero-order valence-corrected chi connectivity index (χ0v) is 9.82. The van der Waals surface area contributed by atoms with Crippen molar-refractivity contribution >= 4 is 39.3 Å². The molecule has 0 spiro atoms. The van der Waals surface area contributed by atoms with Crippen LogP contribution < -0.4 is 11.1 Å². The topological polar surface area (TPSA) is 38.0 Å². The van der Waals surface area contributed by atoms with E-state index in [1.807, 2.05) is 11.4 Å². The van der Waals surface area contributed by atoms with Crippen molar-refractivity contribution in [2.45, 2.75) is 6.92 Å². The summed E-state index contributed by atoms with van der Waals surface area (Å²) in [6.45, 7) is 2.06. The molecule has 2 rings (SSSR count). The molecule has 78 valence electrons. The van der Waals surface area contributed by atoms with Crippen molar-refractivity contribution in [3.05, 3.63) is 40.2 Å². The second-order valence-corrected chi connectivity index (χ2v) is 4.64. The lowest BCUT2D eigenvalue weighted by atomic mass is 10.2. The van der Waals surface area contributed by atoms with E-state index >= 15 is 0 Å². The van der Waals surface area contributed by atoms with Crippen LogP contribution in [-0.4, -0.2) is 0 Å². The summed E-state index contributed by atoms with van der Waals surface area (Å²) in [5.74, 6) is 0. The first-order valence-corrected chi connectivity index (χ1v) is 5.79. The summed E-state index contributed by atoms with van der Waals surface area (Å²) < 4.78 is 0. The molecule has 4 heteroatoms. The number of nitrogens with two attached hydrogens (primary N) is 1. The Morgan fingerprint density at radius 1 is 1.33 bits per heavy atom. The molecule has 15 heavy (non-hydrogen) atoms. The van der Waals surface area contributed by atoms with Crippen LogP contribution in [0.15, 0.2) is 29.6 Å². The van der Waals surface area contributed by atoms with Gasteiger partial charge in [-0.1, -0.05) is 11.6 Å². The molecule has 0 aliphatic rings. The second kappa shape index (κ2) is 4.13. The summed E-state index contributed by atoms with van der Waals surface area (Å²) in [4.78, 5) is 0. The van der Waals surface area contributed by atoms with Crippen molar-refractivity contribution in [2.24, 2.45) is 0 Å². The van der Waals surface area contributed by atoms with Gasteiger partial charge in [-0.3, -0.25) is 0 Å². The first kappa shape index (κ1) is 10.3. The Bertz CT molecular complexity index is 479. The van der Waals surface area contributed by atoms with Crippen LogP contribution in [0.25, 0.3) is 0 Å². The lowest BCUT2D eigenvalue weighted by molar-refractivity contribution is 1.50. The first-order chi connectivity index (χ1) is 7.16. The summed E-state index contributed by atoms with van der Waals surface area (Å²) >= 11 is 7.55. The average molecular weight is 239 g/mol. The monoisotopic (exact) mass is 238 g/mol. The number of nitrogen functional groups attached to an aromatic ring is 1. The molecule has 3 N–H and O–H groups in total. The Labute approximate surface area is 97.7 Å². The number of benzene rings is 1. The Balaban J connectivity index is 2.32. The fraction of sp³-hybridized carbons (Fsp3) is 0.0909. The molecule has 0 saturated carbocycles. The van der Waals surface area contributed by atoms with E-state index < -0.39 is 0 Å². The molecule has 0 aliphatic carbocycles. The summed E-state index contributed by atoms with van der Waals surface area (Å²) in [5.41, 5.74) is 8.60. The minimum atomic E-state index is 0.681. The number of anilines is 3. The third-order valence-electron chi connectivity index (χ3n) is 2.13. The van der Waals surface area contributed by atoms with Gasteiger partial charge in [0.1, 0.15) is 0 Å². The summed E-state index contributed by atoms with van der Waals surface area (Å²) in [6, 6.07) is 7.47. The predicted molar refractivity (Wildman–Crippen MR) is 68.2 cm³/mol. The molecule has 2 aromatic rings. The van der Waals surface area contributed by atoms with Crippen LogP contribution in [-0.2, 0) is 0 Å². The van der Waals surface area contributed by atoms with Crippen molar-refractivity contribution in [1.29, 1.82) is 0 Å². The molecule has 0 unspecified atom stereocenters. The molecule has 0 amide bonds. The van der Waals surface area contributed by atoms with Crippen LogP contribution in [0.3, 0.4) is 0 Å². The zero-order chi connectivity index (χ0) is 10.8. The minimum Gasteiger partial charge on any atom is -0.397 e. The van der Waals surface area contributed by atoms with E-state index in [0.29, 0.717) is 10.7 Å². The Kier molecular flexibility index (Phi) is 2.84. The number of thiophene rings is 1. The summed E-state index contributed by atoms with van der Waals surface area (Å²) in [6.07, 6.45) is 0. The standard InChI is InChI=1S/C11H11ClN2S/c1-7-4-5-15-11(7)14-10-6-8(12)2-3-9(10)13/h2-6,14H,13H2,1H3. The molecular formula is C11H11ClN2S.